The largest absolute Gasteiger partial charge is 0.349 e. The third-order valence-electron chi connectivity index (χ3n) is 3.85. The molecule has 0 aliphatic heterocycles. The summed E-state index contributed by atoms with van der Waals surface area (Å²) in [4.78, 5) is 20.6. The maximum atomic E-state index is 12.0. The van der Waals surface area contributed by atoms with Gasteiger partial charge in [-0.25, -0.2) is 14.6 Å². The lowest BCUT2D eigenvalue weighted by molar-refractivity contribution is -0.122. The molecule has 2 aromatic rings. The number of nitrogens with one attached hydrogen (secondary N) is 1. The number of amides is 1. The van der Waals surface area contributed by atoms with Crippen molar-refractivity contribution in [3.63, 3.8) is 0 Å². The smallest absolute Gasteiger partial charge is 0.250 e. The number of nitrogens with zero attached hydrogens (tertiary/aromatic N) is 4. The van der Waals surface area contributed by atoms with E-state index >= 15 is 0 Å². The predicted octanol–water partition coefficient (Wildman–Crippen LogP) is 2.20. The number of rotatable bonds is 4. The number of aromatic nitrogens is 4. The molecule has 0 aromatic carbocycles. The van der Waals surface area contributed by atoms with E-state index in [2.05, 4.69) is 34.2 Å². The molecular formula is C16H21N5O. The lowest BCUT2D eigenvalue weighted by atomic mass is 9.92. The molecule has 1 atom stereocenters. The highest BCUT2D eigenvalue weighted by molar-refractivity contribution is 5.76. The molecule has 0 saturated carbocycles. The van der Waals surface area contributed by atoms with E-state index in [1.54, 1.807) is 23.1 Å². The predicted molar refractivity (Wildman–Crippen MR) is 82.4 cm³/mol. The average Bonchev–Trinajstić information content (AvgIpc) is 2.92. The van der Waals surface area contributed by atoms with Crippen LogP contribution in [0.4, 0.5) is 0 Å². The van der Waals surface area contributed by atoms with E-state index in [1.807, 2.05) is 6.20 Å². The molecule has 1 amide bonds. The van der Waals surface area contributed by atoms with Crippen LogP contribution in [-0.4, -0.2) is 25.7 Å². The zero-order valence-corrected chi connectivity index (χ0v) is 13.0. The molecule has 1 unspecified atom stereocenters. The van der Waals surface area contributed by atoms with E-state index in [0.29, 0.717) is 18.3 Å². The van der Waals surface area contributed by atoms with Crippen LogP contribution in [0, 0.1) is 5.92 Å². The number of fused-ring (bicyclic) bond motifs is 1. The SMILES string of the molecule is CC(C)CC(=O)NC1CCCc2c1cnn2-c1ncccn1. The van der Waals surface area contributed by atoms with E-state index in [9.17, 15) is 4.79 Å². The van der Waals surface area contributed by atoms with Crippen molar-refractivity contribution in [2.24, 2.45) is 5.92 Å². The van der Waals surface area contributed by atoms with E-state index in [0.717, 1.165) is 30.5 Å². The van der Waals surface area contributed by atoms with Gasteiger partial charge in [0.05, 0.1) is 17.9 Å². The summed E-state index contributed by atoms with van der Waals surface area (Å²) in [5, 5.41) is 7.56. The van der Waals surface area contributed by atoms with Crippen molar-refractivity contribution in [1.29, 1.82) is 0 Å². The zero-order valence-electron chi connectivity index (χ0n) is 13.0. The fraction of sp³-hybridized carbons (Fsp3) is 0.500. The first-order valence-electron chi connectivity index (χ1n) is 7.78. The fourth-order valence-electron chi connectivity index (χ4n) is 2.90. The van der Waals surface area contributed by atoms with Gasteiger partial charge in [-0.2, -0.15) is 5.10 Å². The van der Waals surface area contributed by atoms with Gasteiger partial charge < -0.3 is 5.32 Å². The normalized spacial score (nSPS) is 17.3. The van der Waals surface area contributed by atoms with Crippen molar-refractivity contribution in [2.45, 2.75) is 45.6 Å². The zero-order chi connectivity index (χ0) is 15.5. The van der Waals surface area contributed by atoms with Gasteiger partial charge in [0.25, 0.3) is 5.95 Å². The number of carbonyl (C=O) groups is 1. The van der Waals surface area contributed by atoms with Crippen LogP contribution in [0.5, 0.6) is 0 Å². The number of carbonyl (C=O) groups excluding carboxylic acids is 1. The van der Waals surface area contributed by atoms with Gasteiger partial charge in [0, 0.05) is 24.4 Å². The van der Waals surface area contributed by atoms with Gasteiger partial charge in [0.1, 0.15) is 0 Å². The van der Waals surface area contributed by atoms with Crippen molar-refractivity contribution < 1.29 is 4.79 Å². The molecule has 0 spiro atoms. The molecule has 1 aliphatic carbocycles. The van der Waals surface area contributed by atoms with E-state index in [1.165, 1.54) is 0 Å². The minimum Gasteiger partial charge on any atom is -0.349 e. The maximum absolute atomic E-state index is 12.0. The van der Waals surface area contributed by atoms with Gasteiger partial charge in [-0.1, -0.05) is 13.8 Å². The Balaban J connectivity index is 1.83. The lowest BCUT2D eigenvalue weighted by Crippen LogP contribution is -2.31. The van der Waals surface area contributed by atoms with Crippen molar-refractivity contribution in [3.8, 4) is 5.95 Å². The summed E-state index contributed by atoms with van der Waals surface area (Å²) in [5.74, 6) is 1.05. The minimum atomic E-state index is 0.0486. The molecule has 2 heterocycles. The molecular weight excluding hydrogens is 278 g/mol. The summed E-state index contributed by atoms with van der Waals surface area (Å²) < 4.78 is 1.79. The minimum absolute atomic E-state index is 0.0486. The highest BCUT2D eigenvalue weighted by Crippen LogP contribution is 2.30. The topological polar surface area (TPSA) is 72.7 Å². The van der Waals surface area contributed by atoms with Crippen LogP contribution in [0.3, 0.4) is 0 Å². The molecule has 1 aliphatic rings. The first-order chi connectivity index (χ1) is 10.6. The summed E-state index contributed by atoms with van der Waals surface area (Å²) in [7, 11) is 0. The Kier molecular flexibility index (Phi) is 4.18. The second kappa shape index (κ2) is 6.25. The monoisotopic (exact) mass is 299 g/mol. The van der Waals surface area contributed by atoms with Gasteiger partial charge >= 0.3 is 0 Å². The van der Waals surface area contributed by atoms with Gasteiger partial charge in [-0.15, -0.1) is 0 Å². The highest BCUT2D eigenvalue weighted by Gasteiger charge is 2.26. The molecule has 6 heteroatoms. The van der Waals surface area contributed by atoms with Gasteiger partial charge in [0.2, 0.25) is 5.91 Å². The Bertz CT molecular complexity index is 650. The first-order valence-corrected chi connectivity index (χ1v) is 7.78. The molecule has 22 heavy (non-hydrogen) atoms. The Morgan fingerprint density at radius 1 is 1.41 bits per heavy atom. The second-order valence-corrected chi connectivity index (χ2v) is 6.12. The molecule has 0 fully saturated rings. The molecule has 6 nitrogen and oxygen atoms in total. The van der Waals surface area contributed by atoms with Crippen molar-refractivity contribution in [3.05, 3.63) is 35.9 Å². The van der Waals surface area contributed by atoms with Crippen LogP contribution in [0.25, 0.3) is 5.95 Å². The van der Waals surface area contributed by atoms with Crippen LogP contribution in [-0.2, 0) is 11.2 Å². The van der Waals surface area contributed by atoms with E-state index in [-0.39, 0.29) is 11.9 Å². The van der Waals surface area contributed by atoms with Gasteiger partial charge in [0.15, 0.2) is 0 Å². The fourth-order valence-corrected chi connectivity index (χ4v) is 2.90. The van der Waals surface area contributed by atoms with Crippen molar-refractivity contribution in [1.82, 2.24) is 25.1 Å². The summed E-state index contributed by atoms with van der Waals surface area (Å²) in [6.45, 7) is 4.10. The first kappa shape index (κ1) is 14.7. The molecule has 0 bridgehead atoms. The number of hydrogen-bond donors (Lipinski definition) is 1. The van der Waals surface area contributed by atoms with Gasteiger partial charge in [-0.3, -0.25) is 4.79 Å². The maximum Gasteiger partial charge on any atom is 0.250 e. The second-order valence-electron chi connectivity index (χ2n) is 6.12. The molecule has 1 N–H and O–H groups in total. The quantitative estimate of drug-likeness (QED) is 0.939. The van der Waals surface area contributed by atoms with Gasteiger partial charge in [-0.05, 0) is 31.2 Å². The van der Waals surface area contributed by atoms with Crippen LogP contribution in [0.2, 0.25) is 0 Å². The molecule has 0 radical (unpaired) electrons. The standard InChI is InChI=1S/C16H21N5O/c1-11(2)9-15(22)20-13-5-3-6-14-12(13)10-19-21(14)16-17-7-4-8-18-16/h4,7-8,10-11,13H,3,5-6,9H2,1-2H3,(H,20,22). The number of hydrogen-bond acceptors (Lipinski definition) is 4. The van der Waals surface area contributed by atoms with Crippen molar-refractivity contribution >= 4 is 5.91 Å². The lowest BCUT2D eigenvalue weighted by Gasteiger charge is -2.24. The Hall–Kier alpha value is -2.24. The summed E-state index contributed by atoms with van der Waals surface area (Å²) in [5.41, 5.74) is 2.20. The van der Waals surface area contributed by atoms with Crippen LogP contribution in [0.1, 0.15) is 50.4 Å². The summed E-state index contributed by atoms with van der Waals surface area (Å²) >= 11 is 0. The Labute approximate surface area is 130 Å². The molecule has 116 valence electrons. The van der Waals surface area contributed by atoms with Crippen LogP contribution < -0.4 is 5.32 Å². The molecule has 2 aromatic heterocycles. The molecule has 3 rings (SSSR count). The third-order valence-corrected chi connectivity index (χ3v) is 3.85. The van der Waals surface area contributed by atoms with Crippen molar-refractivity contribution in [2.75, 3.05) is 0 Å². The van der Waals surface area contributed by atoms with E-state index < -0.39 is 0 Å². The highest BCUT2D eigenvalue weighted by atomic mass is 16.1. The summed E-state index contributed by atoms with van der Waals surface area (Å²) in [6.07, 6.45) is 8.73. The van der Waals surface area contributed by atoms with E-state index in [4.69, 9.17) is 0 Å². The van der Waals surface area contributed by atoms with Crippen LogP contribution >= 0.6 is 0 Å². The molecule has 0 saturated heterocycles. The third kappa shape index (κ3) is 3.00. The average molecular weight is 299 g/mol. The Morgan fingerprint density at radius 3 is 2.91 bits per heavy atom. The van der Waals surface area contributed by atoms with Crippen LogP contribution in [0.15, 0.2) is 24.7 Å². The summed E-state index contributed by atoms with van der Waals surface area (Å²) in [6, 6.07) is 1.83. The Morgan fingerprint density at radius 2 is 2.18 bits per heavy atom.